The maximum absolute atomic E-state index is 4.85. The van der Waals surface area contributed by atoms with Crippen LogP contribution in [0.15, 0.2) is 30.3 Å². The lowest BCUT2D eigenvalue weighted by molar-refractivity contribution is 0.496. The van der Waals surface area contributed by atoms with E-state index >= 15 is 0 Å². The fraction of sp³-hybridized carbons (Fsp3) is 0.500. The van der Waals surface area contributed by atoms with Gasteiger partial charge in [0.15, 0.2) is 0 Å². The van der Waals surface area contributed by atoms with Crippen LogP contribution in [-0.4, -0.2) is 11.5 Å². The van der Waals surface area contributed by atoms with Crippen LogP contribution in [0.3, 0.4) is 0 Å². The van der Waals surface area contributed by atoms with E-state index in [4.69, 9.17) is 4.98 Å². The number of nitrogens with zero attached hydrogens (tertiary/aromatic N) is 1. The SMILES string of the molecule is CCCNC(CCc1ccccc1)c1nc(CC)c(C)s1. The number of aryl methyl sites for hydroxylation is 3. The Morgan fingerprint density at radius 2 is 1.95 bits per heavy atom. The summed E-state index contributed by atoms with van der Waals surface area (Å²) in [5, 5.41) is 4.93. The van der Waals surface area contributed by atoms with Crippen LogP contribution < -0.4 is 5.32 Å². The Labute approximate surface area is 132 Å². The molecule has 0 saturated carbocycles. The summed E-state index contributed by atoms with van der Waals surface area (Å²) in [7, 11) is 0. The Kier molecular flexibility index (Phi) is 6.40. The second-order valence-electron chi connectivity index (χ2n) is 5.44. The van der Waals surface area contributed by atoms with Gasteiger partial charge in [-0.1, -0.05) is 44.2 Å². The molecule has 1 aromatic carbocycles. The van der Waals surface area contributed by atoms with Crippen molar-refractivity contribution in [1.29, 1.82) is 0 Å². The zero-order valence-corrected chi connectivity index (χ0v) is 14.2. The van der Waals surface area contributed by atoms with Gasteiger partial charge in [0.25, 0.3) is 0 Å². The standard InChI is InChI=1S/C18H26N2S/c1-4-13-19-17(12-11-15-9-7-6-8-10-15)18-20-16(5-2)14(3)21-18/h6-10,17,19H,4-5,11-13H2,1-3H3. The zero-order chi connectivity index (χ0) is 15.1. The molecule has 0 spiro atoms. The molecule has 3 heteroatoms. The van der Waals surface area contributed by atoms with Crippen molar-refractivity contribution in [3.63, 3.8) is 0 Å². The minimum atomic E-state index is 0.383. The number of thiazole rings is 1. The van der Waals surface area contributed by atoms with Gasteiger partial charge >= 0.3 is 0 Å². The van der Waals surface area contributed by atoms with Crippen molar-refractivity contribution in [2.24, 2.45) is 0 Å². The molecule has 1 unspecified atom stereocenters. The Morgan fingerprint density at radius 1 is 1.19 bits per heavy atom. The maximum Gasteiger partial charge on any atom is 0.110 e. The summed E-state index contributed by atoms with van der Waals surface area (Å²) >= 11 is 1.86. The number of nitrogens with one attached hydrogen (secondary N) is 1. The Balaban J connectivity index is 2.06. The average Bonchev–Trinajstić information content (AvgIpc) is 2.89. The zero-order valence-electron chi connectivity index (χ0n) is 13.4. The van der Waals surface area contributed by atoms with Gasteiger partial charge in [0.2, 0.25) is 0 Å². The fourth-order valence-corrected chi connectivity index (χ4v) is 3.64. The molecule has 114 valence electrons. The van der Waals surface area contributed by atoms with E-state index in [0.717, 1.165) is 32.2 Å². The summed E-state index contributed by atoms with van der Waals surface area (Å²) in [5.41, 5.74) is 2.67. The maximum atomic E-state index is 4.85. The largest absolute Gasteiger partial charge is 0.308 e. The van der Waals surface area contributed by atoms with Crippen LogP contribution in [0.25, 0.3) is 0 Å². The molecule has 21 heavy (non-hydrogen) atoms. The van der Waals surface area contributed by atoms with Crippen molar-refractivity contribution in [2.75, 3.05) is 6.54 Å². The molecule has 0 aliphatic heterocycles. The van der Waals surface area contributed by atoms with E-state index in [1.807, 2.05) is 11.3 Å². The third-order valence-electron chi connectivity index (χ3n) is 3.75. The highest BCUT2D eigenvalue weighted by Gasteiger charge is 2.16. The van der Waals surface area contributed by atoms with Gasteiger partial charge in [-0.25, -0.2) is 4.98 Å². The minimum Gasteiger partial charge on any atom is -0.308 e. The van der Waals surface area contributed by atoms with Crippen LogP contribution in [-0.2, 0) is 12.8 Å². The Bertz CT molecular complexity index is 533. The van der Waals surface area contributed by atoms with E-state index in [2.05, 4.69) is 56.4 Å². The van der Waals surface area contributed by atoms with E-state index in [1.165, 1.54) is 21.1 Å². The van der Waals surface area contributed by atoms with Crippen molar-refractivity contribution in [3.05, 3.63) is 51.5 Å². The molecule has 1 atom stereocenters. The predicted molar refractivity (Wildman–Crippen MR) is 92.0 cm³/mol. The molecule has 1 heterocycles. The molecule has 2 rings (SSSR count). The van der Waals surface area contributed by atoms with Gasteiger partial charge in [-0.2, -0.15) is 0 Å². The van der Waals surface area contributed by atoms with Gasteiger partial charge in [0.05, 0.1) is 11.7 Å². The van der Waals surface area contributed by atoms with Crippen LogP contribution in [0.4, 0.5) is 0 Å². The number of hydrogen-bond donors (Lipinski definition) is 1. The minimum absolute atomic E-state index is 0.383. The van der Waals surface area contributed by atoms with Crippen LogP contribution in [0.5, 0.6) is 0 Å². The van der Waals surface area contributed by atoms with Crippen LogP contribution in [0.1, 0.15) is 53.9 Å². The average molecular weight is 302 g/mol. The molecule has 0 aliphatic carbocycles. The van der Waals surface area contributed by atoms with Crippen LogP contribution in [0, 0.1) is 6.92 Å². The molecule has 2 aromatic rings. The van der Waals surface area contributed by atoms with Gasteiger partial charge in [-0.15, -0.1) is 11.3 Å². The van der Waals surface area contributed by atoms with Crippen molar-refractivity contribution in [2.45, 2.75) is 52.5 Å². The first-order chi connectivity index (χ1) is 10.2. The summed E-state index contributed by atoms with van der Waals surface area (Å²) < 4.78 is 0. The first kappa shape index (κ1) is 16.2. The van der Waals surface area contributed by atoms with Crippen molar-refractivity contribution in [3.8, 4) is 0 Å². The monoisotopic (exact) mass is 302 g/mol. The van der Waals surface area contributed by atoms with Gasteiger partial charge in [-0.05, 0) is 44.7 Å². The number of benzene rings is 1. The number of aromatic nitrogens is 1. The van der Waals surface area contributed by atoms with Gasteiger partial charge in [0, 0.05) is 4.88 Å². The third kappa shape index (κ3) is 4.65. The fourth-order valence-electron chi connectivity index (χ4n) is 2.51. The Hall–Kier alpha value is -1.19. The molecule has 2 nitrogen and oxygen atoms in total. The van der Waals surface area contributed by atoms with E-state index < -0.39 is 0 Å². The molecule has 0 aliphatic rings. The lowest BCUT2D eigenvalue weighted by Crippen LogP contribution is -2.22. The molecule has 0 fully saturated rings. The van der Waals surface area contributed by atoms with Crippen molar-refractivity contribution in [1.82, 2.24) is 10.3 Å². The first-order valence-electron chi connectivity index (χ1n) is 7.98. The normalized spacial score (nSPS) is 12.5. The van der Waals surface area contributed by atoms with Crippen molar-refractivity contribution < 1.29 is 0 Å². The van der Waals surface area contributed by atoms with Gasteiger partial charge < -0.3 is 5.32 Å². The molecule has 0 saturated heterocycles. The topological polar surface area (TPSA) is 24.9 Å². The second-order valence-corrected chi connectivity index (χ2v) is 6.67. The first-order valence-corrected chi connectivity index (χ1v) is 8.79. The predicted octanol–water partition coefficient (Wildman–Crippen LogP) is 4.69. The Morgan fingerprint density at radius 3 is 2.57 bits per heavy atom. The molecule has 1 aromatic heterocycles. The summed E-state index contributed by atoms with van der Waals surface area (Å²) in [4.78, 5) is 6.22. The molecular formula is C18H26N2S. The lowest BCUT2D eigenvalue weighted by Gasteiger charge is -2.16. The highest BCUT2D eigenvalue weighted by atomic mass is 32.1. The lowest BCUT2D eigenvalue weighted by atomic mass is 10.1. The van der Waals surface area contributed by atoms with E-state index in [9.17, 15) is 0 Å². The highest BCUT2D eigenvalue weighted by molar-refractivity contribution is 7.11. The quantitative estimate of drug-likeness (QED) is 0.765. The molecule has 1 N–H and O–H groups in total. The second kappa shape index (κ2) is 8.30. The summed E-state index contributed by atoms with van der Waals surface area (Å²) in [6, 6.07) is 11.1. The molecule has 0 bridgehead atoms. The smallest absolute Gasteiger partial charge is 0.110 e. The number of rotatable bonds is 8. The van der Waals surface area contributed by atoms with E-state index in [0.29, 0.717) is 6.04 Å². The molecule has 0 radical (unpaired) electrons. The van der Waals surface area contributed by atoms with Crippen molar-refractivity contribution >= 4 is 11.3 Å². The summed E-state index contributed by atoms with van der Waals surface area (Å²) in [5.74, 6) is 0. The van der Waals surface area contributed by atoms with E-state index in [1.54, 1.807) is 0 Å². The third-order valence-corrected chi connectivity index (χ3v) is 4.87. The summed E-state index contributed by atoms with van der Waals surface area (Å²) in [6.45, 7) is 7.64. The molecule has 0 amide bonds. The molecular weight excluding hydrogens is 276 g/mol. The van der Waals surface area contributed by atoms with E-state index in [-0.39, 0.29) is 0 Å². The van der Waals surface area contributed by atoms with Gasteiger partial charge in [0.1, 0.15) is 5.01 Å². The summed E-state index contributed by atoms with van der Waals surface area (Å²) in [6.07, 6.45) is 4.40. The van der Waals surface area contributed by atoms with Crippen LogP contribution >= 0.6 is 11.3 Å². The highest BCUT2D eigenvalue weighted by Crippen LogP contribution is 2.26. The number of hydrogen-bond acceptors (Lipinski definition) is 3. The van der Waals surface area contributed by atoms with Crippen LogP contribution in [0.2, 0.25) is 0 Å². The van der Waals surface area contributed by atoms with Gasteiger partial charge in [-0.3, -0.25) is 0 Å².